The van der Waals surface area contributed by atoms with Crippen molar-refractivity contribution < 1.29 is 9.53 Å². The number of halogens is 1. The second kappa shape index (κ2) is 9.13. The van der Waals surface area contributed by atoms with E-state index in [9.17, 15) is 4.79 Å². The summed E-state index contributed by atoms with van der Waals surface area (Å²) in [6, 6.07) is 19.1. The molecule has 0 radical (unpaired) electrons. The van der Waals surface area contributed by atoms with Gasteiger partial charge in [0, 0.05) is 42.8 Å². The van der Waals surface area contributed by atoms with Gasteiger partial charge in [-0.1, -0.05) is 41.9 Å². The summed E-state index contributed by atoms with van der Waals surface area (Å²) in [5, 5.41) is 0.639. The van der Waals surface area contributed by atoms with Gasteiger partial charge in [-0.2, -0.15) is 0 Å². The second-order valence-corrected chi connectivity index (χ2v) is 7.57. The van der Waals surface area contributed by atoms with Crippen molar-refractivity contribution in [1.29, 1.82) is 0 Å². The quantitative estimate of drug-likeness (QED) is 0.625. The zero-order valence-electron chi connectivity index (χ0n) is 16.8. The first-order valence-electron chi connectivity index (χ1n) is 9.91. The van der Waals surface area contributed by atoms with Crippen molar-refractivity contribution in [3.63, 3.8) is 0 Å². The number of piperazine rings is 1. The SMILES string of the molecule is Cc1nc(-c2ccccc2)cc(N2CCN(C(=O)COc3ccc(Cl)cc3)CC2)n1. The number of rotatable bonds is 5. The van der Waals surface area contributed by atoms with Gasteiger partial charge in [-0.3, -0.25) is 4.79 Å². The van der Waals surface area contributed by atoms with Crippen LogP contribution in [0.25, 0.3) is 11.3 Å². The lowest BCUT2D eigenvalue weighted by Crippen LogP contribution is -2.50. The van der Waals surface area contributed by atoms with Gasteiger partial charge in [-0.05, 0) is 31.2 Å². The highest BCUT2D eigenvalue weighted by Crippen LogP contribution is 2.23. The molecular formula is C23H23ClN4O2. The molecule has 0 spiro atoms. The van der Waals surface area contributed by atoms with Crippen LogP contribution in [0.5, 0.6) is 5.75 Å². The van der Waals surface area contributed by atoms with Gasteiger partial charge in [0.2, 0.25) is 0 Å². The van der Waals surface area contributed by atoms with Crippen LogP contribution in [0.4, 0.5) is 5.82 Å². The number of amides is 1. The standard InChI is InChI=1S/C23H23ClN4O2/c1-17-25-21(18-5-3-2-4-6-18)15-22(26-17)27-11-13-28(14-12-27)23(29)16-30-20-9-7-19(24)8-10-20/h2-10,15H,11-14,16H2,1H3. The molecule has 7 heteroatoms. The van der Waals surface area contributed by atoms with Crippen LogP contribution in [-0.2, 0) is 4.79 Å². The van der Waals surface area contributed by atoms with Crippen LogP contribution < -0.4 is 9.64 Å². The Labute approximate surface area is 181 Å². The first kappa shape index (κ1) is 20.2. The third kappa shape index (κ3) is 4.89. The summed E-state index contributed by atoms with van der Waals surface area (Å²) >= 11 is 5.87. The highest BCUT2D eigenvalue weighted by atomic mass is 35.5. The molecule has 0 unspecified atom stereocenters. The van der Waals surface area contributed by atoms with Gasteiger partial charge in [0.1, 0.15) is 17.4 Å². The molecule has 1 saturated heterocycles. The molecule has 1 aromatic heterocycles. The van der Waals surface area contributed by atoms with Crippen LogP contribution in [0.1, 0.15) is 5.82 Å². The molecule has 1 aliphatic heterocycles. The molecule has 4 rings (SSSR count). The van der Waals surface area contributed by atoms with E-state index in [2.05, 4.69) is 14.9 Å². The summed E-state index contributed by atoms with van der Waals surface area (Å²) in [6.45, 7) is 4.63. The van der Waals surface area contributed by atoms with E-state index in [1.165, 1.54) is 0 Å². The van der Waals surface area contributed by atoms with Gasteiger partial charge < -0.3 is 14.5 Å². The van der Waals surface area contributed by atoms with Gasteiger partial charge in [0.05, 0.1) is 5.69 Å². The first-order chi connectivity index (χ1) is 14.6. The maximum Gasteiger partial charge on any atom is 0.260 e. The Bertz CT molecular complexity index is 1000. The summed E-state index contributed by atoms with van der Waals surface area (Å²) in [4.78, 5) is 25.7. The van der Waals surface area contributed by atoms with E-state index in [0.717, 1.165) is 36.0 Å². The second-order valence-electron chi connectivity index (χ2n) is 7.14. The number of hydrogen-bond acceptors (Lipinski definition) is 5. The Balaban J connectivity index is 1.35. The summed E-state index contributed by atoms with van der Waals surface area (Å²) in [7, 11) is 0. The average Bonchev–Trinajstić information content (AvgIpc) is 2.79. The molecule has 2 aromatic carbocycles. The lowest BCUT2D eigenvalue weighted by molar-refractivity contribution is -0.133. The molecule has 2 heterocycles. The van der Waals surface area contributed by atoms with Gasteiger partial charge in [-0.15, -0.1) is 0 Å². The fourth-order valence-electron chi connectivity index (χ4n) is 3.42. The topological polar surface area (TPSA) is 58.6 Å². The molecule has 154 valence electrons. The molecule has 3 aromatic rings. The van der Waals surface area contributed by atoms with E-state index in [-0.39, 0.29) is 12.5 Å². The van der Waals surface area contributed by atoms with Crippen LogP contribution in [0, 0.1) is 6.92 Å². The number of benzene rings is 2. The van der Waals surface area contributed by atoms with Crippen molar-refractivity contribution in [1.82, 2.24) is 14.9 Å². The zero-order valence-corrected chi connectivity index (χ0v) is 17.5. The molecule has 1 aliphatic rings. The number of aromatic nitrogens is 2. The van der Waals surface area contributed by atoms with Crippen LogP contribution in [0.2, 0.25) is 5.02 Å². The maximum atomic E-state index is 12.5. The lowest BCUT2D eigenvalue weighted by Gasteiger charge is -2.35. The molecule has 1 fully saturated rings. The molecule has 0 aliphatic carbocycles. The lowest BCUT2D eigenvalue weighted by atomic mass is 10.1. The minimum absolute atomic E-state index is 0.0200. The number of nitrogens with zero attached hydrogens (tertiary/aromatic N) is 4. The molecular weight excluding hydrogens is 400 g/mol. The molecule has 0 N–H and O–H groups in total. The van der Waals surface area contributed by atoms with E-state index in [1.807, 2.05) is 48.2 Å². The number of ether oxygens (including phenoxy) is 1. The minimum Gasteiger partial charge on any atom is -0.484 e. The fraction of sp³-hybridized carbons (Fsp3) is 0.261. The number of anilines is 1. The van der Waals surface area contributed by atoms with Gasteiger partial charge in [0.25, 0.3) is 5.91 Å². The summed E-state index contributed by atoms with van der Waals surface area (Å²) < 4.78 is 5.58. The Morgan fingerprint density at radius 1 is 1.00 bits per heavy atom. The van der Waals surface area contributed by atoms with Gasteiger partial charge in [-0.25, -0.2) is 9.97 Å². The molecule has 6 nitrogen and oxygen atoms in total. The Morgan fingerprint density at radius 2 is 1.70 bits per heavy atom. The van der Waals surface area contributed by atoms with E-state index in [0.29, 0.717) is 23.9 Å². The number of aryl methyl sites for hydroxylation is 1. The zero-order chi connectivity index (χ0) is 20.9. The monoisotopic (exact) mass is 422 g/mol. The highest BCUT2D eigenvalue weighted by Gasteiger charge is 2.23. The minimum atomic E-state index is -0.0200. The van der Waals surface area contributed by atoms with Crippen molar-refractivity contribution in [3.8, 4) is 17.0 Å². The number of carbonyl (C=O) groups is 1. The van der Waals surface area contributed by atoms with Crippen molar-refractivity contribution in [2.45, 2.75) is 6.92 Å². The van der Waals surface area contributed by atoms with Gasteiger partial charge >= 0.3 is 0 Å². The van der Waals surface area contributed by atoms with E-state index >= 15 is 0 Å². The van der Waals surface area contributed by atoms with Gasteiger partial charge in [0.15, 0.2) is 6.61 Å². The summed E-state index contributed by atoms with van der Waals surface area (Å²) in [6.07, 6.45) is 0. The molecule has 0 atom stereocenters. The maximum absolute atomic E-state index is 12.5. The predicted octanol–water partition coefficient (Wildman–Crippen LogP) is 3.83. The van der Waals surface area contributed by atoms with Crippen LogP contribution in [0.15, 0.2) is 60.7 Å². The van der Waals surface area contributed by atoms with E-state index < -0.39 is 0 Å². The largest absolute Gasteiger partial charge is 0.484 e. The highest BCUT2D eigenvalue weighted by molar-refractivity contribution is 6.30. The summed E-state index contributed by atoms with van der Waals surface area (Å²) in [5.74, 6) is 2.25. The third-order valence-electron chi connectivity index (χ3n) is 5.03. The van der Waals surface area contributed by atoms with Crippen LogP contribution in [0.3, 0.4) is 0 Å². The van der Waals surface area contributed by atoms with Crippen LogP contribution in [-0.4, -0.2) is 53.6 Å². The predicted molar refractivity (Wildman–Crippen MR) is 118 cm³/mol. The fourth-order valence-corrected chi connectivity index (χ4v) is 3.55. The smallest absolute Gasteiger partial charge is 0.260 e. The Morgan fingerprint density at radius 3 is 2.40 bits per heavy atom. The Kier molecular flexibility index (Phi) is 6.14. The molecule has 1 amide bonds. The van der Waals surface area contributed by atoms with E-state index in [4.69, 9.17) is 16.3 Å². The van der Waals surface area contributed by atoms with Crippen molar-refractivity contribution in [2.75, 3.05) is 37.7 Å². The third-order valence-corrected chi connectivity index (χ3v) is 5.28. The number of hydrogen-bond donors (Lipinski definition) is 0. The Hall–Kier alpha value is -3.12. The molecule has 0 bridgehead atoms. The molecule has 30 heavy (non-hydrogen) atoms. The first-order valence-corrected chi connectivity index (χ1v) is 10.3. The van der Waals surface area contributed by atoms with Crippen LogP contribution >= 0.6 is 11.6 Å². The average molecular weight is 423 g/mol. The number of carbonyl (C=O) groups excluding carboxylic acids is 1. The molecule has 0 saturated carbocycles. The van der Waals surface area contributed by atoms with Crippen molar-refractivity contribution >= 4 is 23.3 Å². The van der Waals surface area contributed by atoms with E-state index in [1.54, 1.807) is 24.3 Å². The van der Waals surface area contributed by atoms with Crippen molar-refractivity contribution in [3.05, 3.63) is 71.5 Å². The summed E-state index contributed by atoms with van der Waals surface area (Å²) in [5.41, 5.74) is 1.98. The van der Waals surface area contributed by atoms with Crippen molar-refractivity contribution in [2.24, 2.45) is 0 Å². The normalized spacial score (nSPS) is 13.9.